The summed E-state index contributed by atoms with van der Waals surface area (Å²) in [6.45, 7) is 2.38. The van der Waals surface area contributed by atoms with Gasteiger partial charge in [-0.1, -0.05) is 34.1 Å². The molecular weight excluding hydrogens is 496 g/mol. The maximum absolute atomic E-state index is 11.7. The highest BCUT2D eigenvalue weighted by molar-refractivity contribution is 9.11. The number of hydrogen-bond acceptors (Lipinski definition) is 3. The third-order valence-corrected chi connectivity index (χ3v) is 7.57. The highest BCUT2D eigenvalue weighted by Gasteiger charge is 2.19. The molecule has 2 aliphatic carbocycles. The molecule has 0 spiro atoms. The molecule has 0 fully saturated rings. The predicted octanol–water partition coefficient (Wildman–Crippen LogP) is 6.32. The molecule has 2 aromatic carbocycles. The van der Waals surface area contributed by atoms with Crippen LogP contribution in [0, 0.1) is 0 Å². The van der Waals surface area contributed by atoms with Crippen molar-refractivity contribution >= 4 is 37.8 Å². The first-order chi connectivity index (χ1) is 14.1. The average Bonchev–Trinajstić information content (AvgIpc) is 2.75. The van der Waals surface area contributed by atoms with Crippen LogP contribution in [0.2, 0.25) is 0 Å². The van der Waals surface area contributed by atoms with Gasteiger partial charge in [-0.3, -0.25) is 0 Å². The van der Waals surface area contributed by atoms with Crippen LogP contribution in [0.3, 0.4) is 0 Å². The number of carbonyl (C=O) groups excluding carboxylic acids is 1. The Labute approximate surface area is 190 Å². The molecule has 0 amide bonds. The molecule has 1 N–H and O–H groups in total. The van der Waals surface area contributed by atoms with Gasteiger partial charge >= 0.3 is 5.97 Å². The number of benzene rings is 2. The Morgan fingerprint density at radius 1 is 0.897 bits per heavy atom. The molecule has 3 nitrogen and oxygen atoms in total. The number of fused-ring (bicyclic) bond motifs is 2. The van der Waals surface area contributed by atoms with E-state index in [0.717, 1.165) is 33.8 Å². The van der Waals surface area contributed by atoms with E-state index in [1.165, 1.54) is 54.4 Å². The molecule has 5 heteroatoms. The Bertz CT molecular complexity index is 877. The zero-order chi connectivity index (χ0) is 20.8. The van der Waals surface area contributed by atoms with Crippen molar-refractivity contribution in [1.29, 1.82) is 0 Å². The van der Waals surface area contributed by atoms with Crippen molar-refractivity contribution in [2.75, 3.05) is 6.61 Å². The normalized spacial score (nSPS) is 14.9. The van der Waals surface area contributed by atoms with Crippen LogP contribution in [0.1, 0.15) is 70.8 Å². The summed E-state index contributed by atoms with van der Waals surface area (Å²) in [5, 5.41) is 9.09. The minimum absolute atomic E-state index is 0.133. The van der Waals surface area contributed by atoms with Crippen molar-refractivity contribution in [3.8, 4) is 0 Å². The number of aryl methyl sites for hydroxylation is 2. The SMILES string of the molecule is CCOC(=O)c1ccc2c(c1Br)CCCC2.OCc1ccc2c(c1Br)CCCC2. The molecule has 0 saturated carbocycles. The summed E-state index contributed by atoms with van der Waals surface area (Å²) in [5.74, 6) is -0.234. The van der Waals surface area contributed by atoms with Crippen molar-refractivity contribution < 1.29 is 14.6 Å². The van der Waals surface area contributed by atoms with E-state index < -0.39 is 0 Å². The summed E-state index contributed by atoms with van der Waals surface area (Å²) in [7, 11) is 0. The highest BCUT2D eigenvalue weighted by Crippen LogP contribution is 2.32. The van der Waals surface area contributed by atoms with Crippen molar-refractivity contribution in [2.45, 2.75) is 64.9 Å². The van der Waals surface area contributed by atoms with Crippen LogP contribution >= 0.6 is 31.9 Å². The number of aliphatic hydroxyl groups excluding tert-OH is 1. The monoisotopic (exact) mass is 522 g/mol. The highest BCUT2D eigenvalue weighted by atomic mass is 79.9. The molecule has 0 atom stereocenters. The zero-order valence-corrected chi connectivity index (χ0v) is 20.1. The first-order valence-corrected chi connectivity index (χ1v) is 12.0. The van der Waals surface area contributed by atoms with E-state index >= 15 is 0 Å². The van der Waals surface area contributed by atoms with Gasteiger partial charge in [0.05, 0.1) is 18.8 Å². The molecule has 29 heavy (non-hydrogen) atoms. The molecule has 2 aromatic rings. The van der Waals surface area contributed by atoms with Crippen LogP contribution in [-0.2, 0) is 37.0 Å². The van der Waals surface area contributed by atoms with Crippen LogP contribution < -0.4 is 0 Å². The fraction of sp³-hybridized carbons (Fsp3) is 0.458. The third-order valence-electron chi connectivity index (χ3n) is 5.67. The van der Waals surface area contributed by atoms with Crippen LogP contribution in [0.5, 0.6) is 0 Å². The molecule has 0 aliphatic heterocycles. The fourth-order valence-electron chi connectivity index (χ4n) is 4.10. The van der Waals surface area contributed by atoms with Gasteiger partial charge in [0.1, 0.15) is 0 Å². The van der Waals surface area contributed by atoms with Crippen molar-refractivity contribution in [1.82, 2.24) is 0 Å². The van der Waals surface area contributed by atoms with Gasteiger partial charge in [0.15, 0.2) is 0 Å². The minimum Gasteiger partial charge on any atom is -0.462 e. The van der Waals surface area contributed by atoms with Gasteiger partial charge in [-0.05, 0) is 108 Å². The maximum atomic E-state index is 11.7. The Morgan fingerprint density at radius 2 is 1.45 bits per heavy atom. The van der Waals surface area contributed by atoms with E-state index in [1.54, 1.807) is 0 Å². The van der Waals surface area contributed by atoms with Crippen molar-refractivity contribution in [3.63, 3.8) is 0 Å². The molecule has 2 aliphatic rings. The number of halogens is 2. The third kappa shape index (κ3) is 5.31. The summed E-state index contributed by atoms with van der Waals surface area (Å²) >= 11 is 7.10. The molecule has 0 bridgehead atoms. The van der Waals surface area contributed by atoms with E-state index in [2.05, 4.69) is 44.0 Å². The Balaban J connectivity index is 0.000000169. The summed E-state index contributed by atoms with van der Waals surface area (Å²) in [4.78, 5) is 11.7. The molecule has 0 saturated heterocycles. The summed E-state index contributed by atoms with van der Waals surface area (Å²) in [6.07, 6.45) is 9.57. The first kappa shape index (κ1) is 22.5. The molecule has 156 valence electrons. The molecule has 4 rings (SSSR count). The number of aliphatic hydroxyl groups is 1. The van der Waals surface area contributed by atoms with Crippen LogP contribution in [0.4, 0.5) is 0 Å². The van der Waals surface area contributed by atoms with Gasteiger partial charge in [-0.25, -0.2) is 4.79 Å². The number of rotatable bonds is 3. The lowest BCUT2D eigenvalue weighted by molar-refractivity contribution is 0.0525. The lowest BCUT2D eigenvalue weighted by Crippen LogP contribution is -2.10. The van der Waals surface area contributed by atoms with Gasteiger partial charge < -0.3 is 9.84 Å². The van der Waals surface area contributed by atoms with Gasteiger partial charge in [0, 0.05) is 8.95 Å². The van der Waals surface area contributed by atoms with E-state index in [-0.39, 0.29) is 12.6 Å². The van der Waals surface area contributed by atoms with Crippen LogP contribution in [-0.4, -0.2) is 17.7 Å². The Kier molecular flexibility index (Phi) is 8.34. The second kappa shape index (κ2) is 10.7. The lowest BCUT2D eigenvalue weighted by Gasteiger charge is -2.18. The smallest absolute Gasteiger partial charge is 0.339 e. The van der Waals surface area contributed by atoms with E-state index in [4.69, 9.17) is 9.84 Å². The van der Waals surface area contributed by atoms with E-state index in [1.807, 2.05) is 19.1 Å². The van der Waals surface area contributed by atoms with Gasteiger partial charge in [0.2, 0.25) is 0 Å². The Morgan fingerprint density at radius 3 is 2.03 bits per heavy atom. The van der Waals surface area contributed by atoms with Gasteiger partial charge in [-0.2, -0.15) is 0 Å². The van der Waals surface area contributed by atoms with Gasteiger partial charge in [-0.15, -0.1) is 0 Å². The number of esters is 1. The number of ether oxygens (including phenoxy) is 1. The van der Waals surface area contributed by atoms with Crippen molar-refractivity contribution in [3.05, 3.63) is 66.6 Å². The molecule has 0 unspecified atom stereocenters. The summed E-state index contributed by atoms with van der Waals surface area (Å²) in [5.41, 5.74) is 7.19. The fourth-order valence-corrected chi connectivity index (χ4v) is 5.56. The standard InChI is InChI=1S/C13H15BrO2.C11H13BrO/c1-2-16-13(15)11-8-7-9-5-3-4-6-10(9)12(11)14;12-11-9(7-13)6-5-8-3-1-2-4-10(8)11/h7-8H,2-6H2,1H3;5-6,13H,1-4,7H2. The maximum Gasteiger partial charge on any atom is 0.339 e. The number of carbonyl (C=O) groups is 1. The lowest BCUT2D eigenvalue weighted by atomic mass is 9.90. The molecule has 0 heterocycles. The van der Waals surface area contributed by atoms with Crippen LogP contribution in [0.15, 0.2) is 33.2 Å². The molecular formula is C24H28Br2O3. The Hall–Kier alpha value is -1.17. The van der Waals surface area contributed by atoms with E-state index in [0.29, 0.717) is 12.2 Å². The van der Waals surface area contributed by atoms with E-state index in [9.17, 15) is 4.79 Å². The summed E-state index contributed by atoms with van der Waals surface area (Å²) in [6, 6.07) is 8.11. The molecule has 0 radical (unpaired) electrons. The average molecular weight is 524 g/mol. The van der Waals surface area contributed by atoms with Gasteiger partial charge in [0.25, 0.3) is 0 Å². The molecule has 0 aromatic heterocycles. The summed E-state index contributed by atoms with van der Waals surface area (Å²) < 4.78 is 7.10. The van der Waals surface area contributed by atoms with Crippen molar-refractivity contribution in [2.24, 2.45) is 0 Å². The quantitative estimate of drug-likeness (QED) is 0.478. The largest absolute Gasteiger partial charge is 0.462 e. The van der Waals surface area contributed by atoms with Crippen LogP contribution in [0.25, 0.3) is 0 Å². The number of hydrogen-bond donors (Lipinski definition) is 1. The minimum atomic E-state index is -0.234. The topological polar surface area (TPSA) is 46.5 Å². The first-order valence-electron chi connectivity index (χ1n) is 10.4. The second-order valence-electron chi connectivity index (χ2n) is 7.53. The predicted molar refractivity (Wildman–Crippen MR) is 123 cm³/mol. The second-order valence-corrected chi connectivity index (χ2v) is 9.12. The zero-order valence-electron chi connectivity index (χ0n) is 16.9.